The molecule has 18 heavy (non-hydrogen) atoms. The van der Waals surface area contributed by atoms with Crippen LogP contribution < -0.4 is 5.73 Å². The number of halogens is 1. The third-order valence-corrected chi connectivity index (χ3v) is 3.40. The van der Waals surface area contributed by atoms with Crippen LogP contribution >= 0.6 is 24.2 Å². The molecule has 0 fully saturated rings. The van der Waals surface area contributed by atoms with Crippen molar-refractivity contribution >= 4 is 24.2 Å². The van der Waals surface area contributed by atoms with E-state index in [9.17, 15) is 0 Å². The summed E-state index contributed by atoms with van der Waals surface area (Å²) < 4.78 is 3.91. The zero-order valence-electron chi connectivity index (χ0n) is 10.2. The quantitative estimate of drug-likeness (QED) is 0.793. The molecule has 0 atom stereocenters. The maximum Gasteiger partial charge on any atom is 0.191 e. The summed E-state index contributed by atoms with van der Waals surface area (Å²) in [7, 11) is 1.97. The van der Waals surface area contributed by atoms with E-state index in [-0.39, 0.29) is 12.4 Å². The first-order valence-electron chi connectivity index (χ1n) is 5.50. The molecule has 2 aromatic heterocycles. The van der Waals surface area contributed by atoms with Gasteiger partial charge in [-0.05, 0) is 12.6 Å². The van der Waals surface area contributed by atoms with Gasteiger partial charge >= 0.3 is 0 Å². The second-order valence-corrected chi connectivity index (χ2v) is 4.68. The highest BCUT2D eigenvalue weighted by atomic mass is 35.5. The molecule has 0 aromatic carbocycles. The number of aryl methyl sites for hydroxylation is 1. The average Bonchev–Trinajstić information content (AvgIpc) is 2.94. The van der Waals surface area contributed by atoms with Gasteiger partial charge < -0.3 is 10.3 Å². The molecule has 2 N–H and O–H groups in total. The van der Waals surface area contributed by atoms with Crippen molar-refractivity contribution in [3.8, 4) is 0 Å². The first kappa shape index (κ1) is 15.0. The lowest BCUT2D eigenvalue weighted by molar-refractivity contribution is 0.663. The number of hydrogen-bond acceptors (Lipinski definition) is 5. The standard InChI is InChI=1S/C10H16N6S.ClH/c1-15-9(3-4-11)13-14-10(15)17-8-7-16-6-2-5-12-16;/h2,5-6H,3-4,7-8,11H2,1H3;1H. The van der Waals surface area contributed by atoms with E-state index in [2.05, 4.69) is 15.3 Å². The molecule has 0 aliphatic carbocycles. The highest BCUT2D eigenvalue weighted by Gasteiger charge is 2.07. The van der Waals surface area contributed by atoms with Crippen molar-refractivity contribution in [3.63, 3.8) is 0 Å². The first-order chi connectivity index (χ1) is 8.31. The molecule has 2 rings (SSSR count). The minimum Gasteiger partial charge on any atom is -0.330 e. The van der Waals surface area contributed by atoms with Crippen LogP contribution in [0.2, 0.25) is 0 Å². The summed E-state index contributed by atoms with van der Waals surface area (Å²) in [5.41, 5.74) is 5.50. The van der Waals surface area contributed by atoms with Crippen molar-refractivity contribution in [2.45, 2.75) is 18.1 Å². The van der Waals surface area contributed by atoms with Crippen LogP contribution in [0.25, 0.3) is 0 Å². The summed E-state index contributed by atoms with van der Waals surface area (Å²) >= 11 is 1.68. The zero-order valence-corrected chi connectivity index (χ0v) is 11.8. The summed E-state index contributed by atoms with van der Waals surface area (Å²) in [6.45, 7) is 1.47. The molecule has 0 aliphatic rings. The highest BCUT2D eigenvalue weighted by Crippen LogP contribution is 2.15. The fraction of sp³-hybridized carbons (Fsp3) is 0.500. The number of hydrogen-bond donors (Lipinski definition) is 1. The lowest BCUT2D eigenvalue weighted by Gasteiger charge is -2.03. The van der Waals surface area contributed by atoms with Gasteiger partial charge in [-0.15, -0.1) is 22.6 Å². The Balaban J connectivity index is 0.00000162. The molecule has 0 bridgehead atoms. The molecule has 0 radical (unpaired) electrons. The van der Waals surface area contributed by atoms with Gasteiger partial charge in [0.05, 0.1) is 6.54 Å². The molecule has 0 saturated carbocycles. The number of rotatable bonds is 6. The van der Waals surface area contributed by atoms with Crippen molar-refractivity contribution in [3.05, 3.63) is 24.3 Å². The molecule has 2 heterocycles. The van der Waals surface area contributed by atoms with Gasteiger partial charge in [0.2, 0.25) is 0 Å². The summed E-state index contributed by atoms with van der Waals surface area (Å²) in [6, 6.07) is 1.92. The van der Waals surface area contributed by atoms with Crippen molar-refractivity contribution in [1.29, 1.82) is 0 Å². The van der Waals surface area contributed by atoms with Crippen molar-refractivity contribution in [2.24, 2.45) is 12.8 Å². The van der Waals surface area contributed by atoms with E-state index in [1.54, 1.807) is 18.0 Å². The van der Waals surface area contributed by atoms with Crippen LogP contribution in [0.3, 0.4) is 0 Å². The monoisotopic (exact) mass is 288 g/mol. The molecule has 0 saturated heterocycles. The van der Waals surface area contributed by atoms with E-state index < -0.39 is 0 Å². The Hall–Kier alpha value is -1.05. The molecule has 0 spiro atoms. The summed E-state index contributed by atoms with van der Waals surface area (Å²) in [6.07, 6.45) is 4.51. The Bertz CT molecular complexity index is 455. The van der Waals surface area contributed by atoms with Gasteiger partial charge in [-0.2, -0.15) is 5.10 Å². The van der Waals surface area contributed by atoms with Crippen molar-refractivity contribution < 1.29 is 0 Å². The van der Waals surface area contributed by atoms with Crippen LogP contribution in [0.4, 0.5) is 0 Å². The second-order valence-electron chi connectivity index (χ2n) is 3.61. The predicted octanol–water partition coefficient (Wildman–Crippen LogP) is 0.727. The fourth-order valence-electron chi connectivity index (χ4n) is 1.48. The predicted molar refractivity (Wildman–Crippen MR) is 74.0 cm³/mol. The Morgan fingerprint density at radius 2 is 2.22 bits per heavy atom. The normalized spacial score (nSPS) is 10.3. The number of nitrogens with zero attached hydrogens (tertiary/aromatic N) is 5. The Labute approximate surface area is 116 Å². The smallest absolute Gasteiger partial charge is 0.191 e. The average molecular weight is 289 g/mol. The zero-order chi connectivity index (χ0) is 12.1. The highest BCUT2D eigenvalue weighted by molar-refractivity contribution is 7.99. The molecule has 100 valence electrons. The third kappa shape index (κ3) is 3.72. The van der Waals surface area contributed by atoms with E-state index in [4.69, 9.17) is 5.73 Å². The summed E-state index contributed by atoms with van der Waals surface area (Å²) in [5.74, 6) is 1.87. The Morgan fingerprint density at radius 3 is 2.89 bits per heavy atom. The molecular weight excluding hydrogens is 272 g/mol. The van der Waals surface area contributed by atoms with Crippen molar-refractivity contribution in [1.82, 2.24) is 24.5 Å². The minimum absolute atomic E-state index is 0. The SMILES string of the molecule is Cl.Cn1c(CCN)nnc1SCCn1cccn1. The van der Waals surface area contributed by atoms with Crippen molar-refractivity contribution in [2.75, 3.05) is 12.3 Å². The van der Waals surface area contributed by atoms with Crippen LogP contribution in [0.1, 0.15) is 5.82 Å². The molecule has 0 unspecified atom stereocenters. The number of nitrogens with two attached hydrogens (primary N) is 1. The van der Waals surface area contributed by atoms with Gasteiger partial charge in [0.25, 0.3) is 0 Å². The first-order valence-corrected chi connectivity index (χ1v) is 6.48. The maximum absolute atomic E-state index is 5.50. The second kappa shape index (κ2) is 7.40. The van der Waals surface area contributed by atoms with E-state index in [1.165, 1.54) is 0 Å². The van der Waals surface area contributed by atoms with Gasteiger partial charge in [0.15, 0.2) is 5.16 Å². The van der Waals surface area contributed by atoms with E-state index in [1.807, 2.05) is 28.6 Å². The van der Waals surface area contributed by atoms with Crippen LogP contribution in [0.5, 0.6) is 0 Å². The maximum atomic E-state index is 5.50. The summed E-state index contributed by atoms with van der Waals surface area (Å²) in [5, 5.41) is 13.3. The Kier molecular flexibility index (Phi) is 6.17. The van der Waals surface area contributed by atoms with Gasteiger partial charge in [0.1, 0.15) is 5.82 Å². The van der Waals surface area contributed by atoms with E-state index in [0.717, 1.165) is 29.7 Å². The van der Waals surface area contributed by atoms with Crippen LogP contribution in [0.15, 0.2) is 23.6 Å². The molecule has 0 aliphatic heterocycles. The lowest BCUT2D eigenvalue weighted by Crippen LogP contribution is -2.08. The van der Waals surface area contributed by atoms with E-state index in [0.29, 0.717) is 6.54 Å². The molecular formula is C10H17ClN6S. The molecule has 2 aromatic rings. The van der Waals surface area contributed by atoms with Crippen LogP contribution in [-0.2, 0) is 20.0 Å². The topological polar surface area (TPSA) is 74.6 Å². The molecule has 6 nitrogen and oxygen atoms in total. The van der Waals surface area contributed by atoms with E-state index >= 15 is 0 Å². The molecule has 0 amide bonds. The number of thioether (sulfide) groups is 1. The molecule has 8 heteroatoms. The van der Waals surface area contributed by atoms with Crippen LogP contribution in [-0.4, -0.2) is 36.8 Å². The lowest BCUT2D eigenvalue weighted by atomic mass is 10.4. The minimum atomic E-state index is 0. The van der Waals surface area contributed by atoms with Gasteiger partial charge in [0, 0.05) is 31.6 Å². The largest absolute Gasteiger partial charge is 0.330 e. The number of aromatic nitrogens is 5. The van der Waals surface area contributed by atoms with Gasteiger partial charge in [-0.25, -0.2) is 0 Å². The summed E-state index contributed by atoms with van der Waals surface area (Å²) in [4.78, 5) is 0. The third-order valence-electron chi connectivity index (χ3n) is 2.40. The Morgan fingerprint density at radius 1 is 1.39 bits per heavy atom. The van der Waals surface area contributed by atoms with Gasteiger partial charge in [-0.3, -0.25) is 4.68 Å². The van der Waals surface area contributed by atoms with Crippen LogP contribution in [0, 0.1) is 0 Å². The van der Waals surface area contributed by atoms with Gasteiger partial charge in [-0.1, -0.05) is 11.8 Å². The fourth-order valence-corrected chi connectivity index (χ4v) is 2.34.